The average Bonchev–Trinajstić information content (AvgIpc) is 3.28. The van der Waals surface area contributed by atoms with Crippen LogP contribution in [0.25, 0.3) is 33.3 Å². The predicted molar refractivity (Wildman–Crippen MR) is 147 cm³/mol. The highest BCUT2D eigenvalue weighted by Gasteiger charge is 2.33. The van der Waals surface area contributed by atoms with E-state index >= 15 is 4.39 Å². The number of hydrogen-bond acceptors (Lipinski definition) is 4. The summed E-state index contributed by atoms with van der Waals surface area (Å²) in [6.45, 7) is 0. The van der Waals surface area contributed by atoms with Crippen molar-refractivity contribution in [1.29, 1.82) is 0 Å². The maximum atomic E-state index is 15.8. The molecule has 0 atom stereocenters. The van der Waals surface area contributed by atoms with Crippen LogP contribution in [-0.4, -0.2) is 9.97 Å². The van der Waals surface area contributed by atoms with Gasteiger partial charge in [-0.25, -0.2) is 4.39 Å². The Morgan fingerprint density at radius 1 is 0.459 bits per heavy atom. The monoisotopic (exact) mass is 478 g/mol. The number of benzene rings is 5. The van der Waals surface area contributed by atoms with Crippen LogP contribution in [0.4, 0.5) is 38.5 Å². The molecule has 2 aliphatic rings. The molecule has 0 amide bonds. The Bertz CT molecular complexity index is 1790. The highest BCUT2D eigenvalue weighted by Crippen LogP contribution is 2.56. The van der Waals surface area contributed by atoms with E-state index in [1.54, 1.807) is 18.5 Å². The van der Waals surface area contributed by atoms with E-state index in [0.717, 1.165) is 62.0 Å². The predicted octanol–water partition coefficient (Wildman–Crippen LogP) is 8.67. The molecule has 1 aliphatic carbocycles. The van der Waals surface area contributed by atoms with Gasteiger partial charge in [0.15, 0.2) is 0 Å². The normalized spacial score (nSPS) is 12.9. The summed E-state index contributed by atoms with van der Waals surface area (Å²) in [4.78, 5) is 13.6. The lowest BCUT2D eigenvalue weighted by molar-refractivity contribution is 0.640. The third-order valence-electron chi connectivity index (χ3n) is 7.28. The van der Waals surface area contributed by atoms with Crippen LogP contribution >= 0.6 is 0 Å². The van der Waals surface area contributed by atoms with Gasteiger partial charge in [0.1, 0.15) is 5.82 Å². The summed E-state index contributed by atoms with van der Waals surface area (Å²) in [6, 6.07) is 34.3. The maximum absolute atomic E-state index is 15.8. The highest BCUT2D eigenvalue weighted by molar-refractivity contribution is 6.19. The van der Waals surface area contributed by atoms with Crippen LogP contribution in [0.1, 0.15) is 0 Å². The van der Waals surface area contributed by atoms with Gasteiger partial charge in [-0.2, -0.15) is 0 Å². The van der Waals surface area contributed by atoms with Gasteiger partial charge in [-0.15, -0.1) is 0 Å². The van der Waals surface area contributed by atoms with E-state index in [9.17, 15) is 0 Å². The number of halogens is 1. The van der Waals surface area contributed by atoms with Crippen molar-refractivity contribution < 1.29 is 4.39 Å². The summed E-state index contributed by atoms with van der Waals surface area (Å²) in [5.41, 5.74) is 9.32. The van der Waals surface area contributed by atoms with Gasteiger partial charge in [-0.3, -0.25) is 9.97 Å². The molecule has 8 rings (SSSR count). The Morgan fingerprint density at radius 3 is 1.57 bits per heavy atom. The van der Waals surface area contributed by atoms with Crippen LogP contribution in [0.15, 0.2) is 116 Å². The number of rotatable bonds is 2. The van der Waals surface area contributed by atoms with Crippen LogP contribution in [0.2, 0.25) is 0 Å². The fraction of sp³-hybridized carbons (Fsp3) is 0. The second kappa shape index (κ2) is 7.48. The Labute approximate surface area is 212 Å². The third-order valence-corrected chi connectivity index (χ3v) is 7.28. The van der Waals surface area contributed by atoms with Gasteiger partial charge in [0.2, 0.25) is 0 Å². The minimum atomic E-state index is -0.260. The van der Waals surface area contributed by atoms with Crippen molar-refractivity contribution in [3.8, 4) is 22.5 Å². The van der Waals surface area contributed by atoms with Gasteiger partial charge in [-0.05, 0) is 60.7 Å². The average molecular weight is 479 g/mol. The lowest BCUT2D eigenvalue weighted by Crippen LogP contribution is -2.24. The molecule has 0 saturated carbocycles. The summed E-state index contributed by atoms with van der Waals surface area (Å²) in [5.74, 6) is -0.260. The number of anilines is 6. The van der Waals surface area contributed by atoms with Crippen LogP contribution in [0, 0.1) is 5.82 Å². The van der Waals surface area contributed by atoms with E-state index in [4.69, 9.17) is 0 Å². The molecule has 37 heavy (non-hydrogen) atoms. The van der Waals surface area contributed by atoms with Gasteiger partial charge in [-0.1, -0.05) is 42.5 Å². The van der Waals surface area contributed by atoms with E-state index in [1.807, 2.05) is 54.6 Å². The number of para-hydroxylation sites is 5. The van der Waals surface area contributed by atoms with Gasteiger partial charge in [0.25, 0.3) is 0 Å². The Morgan fingerprint density at radius 2 is 0.973 bits per heavy atom. The molecule has 4 nitrogen and oxygen atoms in total. The van der Waals surface area contributed by atoms with Crippen molar-refractivity contribution in [2.75, 3.05) is 9.80 Å². The maximum Gasteiger partial charge on any atom is 0.133 e. The van der Waals surface area contributed by atoms with Crippen molar-refractivity contribution in [1.82, 2.24) is 9.97 Å². The molecule has 5 heteroatoms. The highest BCUT2D eigenvalue weighted by atomic mass is 19.1. The van der Waals surface area contributed by atoms with Crippen molar-refractivity contribution >= 4 is 44.9 Å². The summed E-state index contributed by atoms with van der Waals surface area (Å²) in [6.07, 6.45) is 3.38. The molecule has 0 fully saturated rings. The molecular weight excluding hydrogens is 459 g/mol. The molecule has 0 spiro atoms. The summed E-state index contributed by atoms with van der Waals surface area (Å²) >= 11 is 0. The molecule has 0 radical (unpaired) electrons. The Balaban J connectivity index is 1.45. The summed E-state index contributed by atoms with van der Waals surface area (Å²) in [5, 5.41) is 1.44. The topological polar surface area (TPSA) is 32.3 Å². The number of aromatic nitrogens is 2. The van der Waals surface area contributed by atoms with Crippen LogP contribution < -0.4 is 9.80 Å². The Kier molecular flexibility index (Phi) is 4.08. The minimum absolute atomic E-state index is 0.260. The van der Waals surface area contributed by atoms with Crippen molar-refractivity contribution in [3.63, 3.8) is 0 Å². The third kappa shape index (κ3) is 2.71. The quantitative estimate of drug-likeness (QED) is 0.249. The fourth-order valence-electron chi connectivity index (χ4n) is 5.81. The molecule has 0 unspecified atom stereocenters. The summed E-state index contributed by atoms with van der Waals surface area (Å²) in [7, 11) is 0. The number of fused-ring (bicyclic) bond motifs is 5. The van der Waals surface area contributed by atoms with Gasteiger partial charge in [0, 0.05) is 40.0 Å². The van der Waals surface area contributed by atoms with Crippen molar-refractivity contribution in [2.45, 2.75) is 0 Å². The molecule has 1 aromatic heterocycles. The SMILES string of the molecule is Fc1ccc2c3c(ccc(N4c5ccccc5N(c5ccccc5)c5ccccc54)c13)-c1nccnc1-2. The first kappa shape index (κ1) is 20.2. The molecule has 0 bridgehead atoms. The van der Waals surface area contributed by atoms with Gasteiger partial charge >= 0.3 is 0 Å². The van der Waals surface area contributed by atoms with Crippen molar-refractivity contribution in [3.05, 3.63) is 121 Å². The molecule has 6 aromatic rings. The zero-order valence-electron chi connectivity index (χ0n) is 19.6. The van der Waals surface area contributed by atoms with E-state index in [-0.39, 0.29) is 5.82 Å². The van der Waals surface area contributed by atoms with Crippen LogP contribution in [-0.2, 0) is 0 Å². The molecule has 2 heterocycles. The van der Waals surface area contributed by atoms with Crippen molar-refractivity contribution in [2.24, 2.45) is 0 Å². The molecular formula is C32H19FN4. The Hall–Kier alpha value is -5.03. The minimum Gasteiger partial charge on any atom is -0.306 e. The molecule has 0 N–H and O–H groups in total. The molecule has 5 aromatic carbocycles. The van der Waals surface area contributed by atoms with E-state index in [1.165, 1.54) is 0 Å². The van der Waals surface area contributed by atoms with E-state index < -0.39 is 0 Å². The molecule has 1 aliphatic heterocycles. The van der Waals surface area contributed by atoms with E-state index in [0.29, 0.717) is 5.39 Å². The van der Waals surface area contributed by atoms with Crippen LogP contribution in [0.5, 0.6) is 0 Å². The molecule has 174 valence electrons. The van der Waals surface area contributed by atoms with Crippen LogP contribution in [0.3, 0.4) is 0 Å². The van der Waals surface area contributed by atoms with Gasteiger partial charge < -0.3 is 9.80 Å². The zero-order valence-corrected chi connectivity index (χ0v) is 19.6. The van der Waals surface area contributed by atoms with Gasteiger partial charge in [0.05, 0.1) is 39.8 Å². The second-order valence-corrected chi connectivity index (χ2v) is 9.21. The fourth-order valence-corrected chi connectivity index (χ4v) is 5.81. The lowest BCUT2D eigenvalue weighted by atomic mass is 9.98. The standard InChI is InChI=1S/C32H19FN4/c33-23-16-14-21-29-22(32-31(21)34-18-19-35-32)15-17-28(30(23)29)37-26-12-6-4-10-24(26)36(20-8-2-1-3-9-20)25-11-5-7-13-27(25)37/h1-19H. The first-order valence-corrected chi connectivity index (χ1v) is 12.2. The van der Waals surface area contributed by atoms with E-state index in [2.05, 4.69) is 62.2 Å². The second-order valence-electron chi connectivity index (χ2n) is 9.21. The molecule has 0 saturated heterocycles. The smallest absolute Gasteiger partial charge is 0.133 e. The zero-order chi connectivity index (χ0) is 24.5. The first-order valence-electron chi connectivity index (χ1n) is 12.2. The number of nitrogens with zero attached hydrogens (tertiary/aromatic N) is 4. The largest absolute Gasteiger partial charge is 0.306 e. The number of hydrogen-bond donors (Lipinski definition) is 0. The lowest BCUT2D eigenvalue weighted by Gasteiger charge is -2.40. The summed E-state index contributed by atoms with van der Waals surface area (Å²) < 4.78 is 15.8. The first-order chi connectivity index (χ1) is 18.3.